The fourth-order valence-corrected chi connectivity index (χ4v) is 3.53. The van der Waals surface area contributed by atoms with Crippen molar-refractivity contribution >= 4 is 27.6 Å². The van der Waals surface area contributed by atoms with Gasteiger partial charge >= 0.3 is 0 Å². The lowest BCUT2D eigenvalue weighted by molar-refractivity contribution is 0.0927. The summed E-state index contributed by atoms with van der Waals surface area (Å²) in [6, 6.07) is 22.0. The molecule has 1 aromatic heterocycles. The van der Waals surface area contributed by atoms with Crippen molar-refractivity contribution in [3.8, 4) is 5.75 Å². The molecule has 1 amide bonds. The van der Waals surface area contributed by atoms with Crippen LogP contribution in [0.5, 0.6) is 5.75 Å². The number of ether oxygens (including phenoxy) is 1. The number of rotatable bonds is 7. The summed E-state index contributed by atoms with van der Waals surface area (Å²) < 4.78 is 11.5. The maximum atomic E-state index is 12.5. The number of amides is 1. The molecule has 0 atom stereocenters. The van der Waals surface area contributed by atoms with E-state index in [-0.39, 0.29) is 12.0 Å². The third kappa shape index (κ3) is 4.43. The predicted molar refractivity (Wildman–Crippen MR) is 117 cm³/mol. The first-order valence-corrected chi connectivity index (χ1v) is 10.1. The number of carbonyl (C=O) groups is 1. The van der Waals surface area contributed by atoms with Gasteiger partial charge in [-0.25, -0.2) is 0 Å². The molecule has 0 spiro atoms. The standard InChI is InChI=1S/C25H25NO3/c1-17(2)28-20-10-5-7-18(15-20)8-6-14-26-25(27)24-16-22-21-11-4-3-9-19(21)12-13-23(22)29-24/h3-5,7,9-13,15-17H,6,8,14H2,1-2H3,(H,26,27). The monoisotopic (exact) mass is 387 g/mol. The zero-order valence-corrected chi connectivity index (χ0v) is 16.8. The van der Waals surface area contributed by atoms with Gasteiger partial charge in [0.2, 0.25) is 0 Å². The van der Waals surface area contributed by atoms with Gasteiger partial charge in [-0.15, -0.1) is 0 Å². The Hall–Kier alpha value is -3.27. The predicted octanol–water partition coefficient (Wildman–Crippen LogP) is 5.74. The van der Waals surface area contributed by atoms with Gasteiger partial charge in [0.15, 0.2) is 5.76 Å². The molecule has 0 aliphatic rings. The summed E-state index contributed by atoms with van der Waals surface area (Å²) in [5.41, 5.74) is 1.93. The van der Waals surface area contributed by atoms with Crippen LogP contribution in [-0.4, -0.2) is 18.6 Å². The van der Waals surface area contributed by atoms with Crippen LogP contribution < -0.4 is 10.1 Å². The van der Waals surface area contributed by atoms with Crippen LogP contribution in [0.2, 0.25) is 0 Å². The second-order valence-electron chi connectivity index (χ2n) is 7.48. The maximum Gasteiger partial charge on any atom is 0.287 e. The van der Waals surface area contributed by atoms with Crippen molar-refractivity contribution in [1.82, 2.24) is 5.32 Å². The fraction of sp³-hybridized carbons (Fsp3) is 0.240. The average Bonchev–Trinajstić information content (AvgIpc) is 3.16. The van der Waals surface area contributed by atoms with E-state index >= 15 is 0 Å². The van der Waals surface area contributed by atoms with Crippen LogP contribution in [0.3, 0.4) is 0 Å². The van der Waals surface area contributed by atoms with E-state index in [1.807, 2.05) is 62.4 Å². The van der Waals surface area contributed by atoms with Gasteiger partial charge in [-0.05, 0) is 67.3 Å². The number of nitrogens with one attached hydrogen (secondary N) is 1. The maximum absolute atomic E-state index is 12.5. The summed E-state index contributed by atoms with van der Waals surface area (Å²) in [6.45, 7) is 4.62. The summed E-state index contributed by atoms with van der Waals surface area (Å²) in [6.07, 6.45) is 1.88. The van der Waals surface area contributed by atoms with Crippen molar-refractivity contribution in [2.24, 2.45) is 0 Å². The smallest absolute Gasteiger partial charge is 0.287 e. The summed E-state index contributed by atoms with van der Waals surface area (Å²) >= 11 is 0. The number of fused-ring (bicyclic) bond motifs is 3. The van der Waals surface area contributed by atoms with Gasteiger partial charge in [-0.2, -0.15) is 0 Å². The van der Waals surface area contributed by atoms with Crippen LogP contribution in [-0.2, 0) is 6.42 Å². The van der Waals surface area contributed by atoms with E-state index in [1.54, 1.807) is 0 Å². The lowest BCUT2D eigenvalue weighted by Gasteiger charge is -2.11. The van der Waals surface area contributed by atoms with Crippen LogP contribution in [0.25, 0.3) is 21.7 Å². The molecule has 0 aliphatic carbocycles. The molecule has 1 N–H and O–H groups in total. The van der Waals surface area contributed by atoms with Gasteiger partial charge in [-0.3, -0.25) is 4.79 Å². The molecule has 4 heteroatoms. The molecule has 3 aromatic carbocycles. The van der Waals surface area contributed by atoms with Crippen molar-refractivity contribution in [2.45, 2.75) is 32.8 Å². The quantitative estimate of drug-likeness (QED) is 0.412. The molecule has 0 aliphatic heterocycles. The highest BCUT2D eigenvalue weighted by molar-refractivity contribution is 6.08. The summed E-state index contributed by atoms with van der Waals surface area (Å²) in [5.74, 6) is 1.06. The van der Waals surface area contributed by atoms with Gasteiger partial charge in [-0.1, -0.05) is 42.5 Å². The molecule has 4 aromatic rings. The summed E-state index contributed by atoms with van der Waals surface area (Å²) in [7, 11) is 0. The molecule has 0 saturated carbocycles. The third-order valence-corrected chi connectivity index (χ3v) is 4.85. The van der Waals surface area contributed by atoms with E-state index in [0.717, 1.165) is 40.3 Å². The second kappa shape index (κ2) is 8.39. The molecular weight excluding hydrogens is 362 g/mol. The fourth-order valence-electron chi connectivity index (χ4n) is 3.53. The second-order valence-corrected chi connectivity index (χ2v) is 7.48. The van der Waals surface area contributed by atoms with Crippen molar-refractivity contribution in [1.29, 1.82) is 0 Å². The zero-order valence-electron chi connectivity index (χ0n) is 16.8. The Morgan fingerprint density at radius 2 is 1.86 bits per heavy atom. The Morgan fingerprint density at radius 3 is 2.72 bits per heavy atom. The Balaban J connectivity index is 1.36. The Labute approximate surface area is 170 Å². The van der Waals surface area contributed by atoms with E-state index < -0.39 is 0 Å². The number of hydrogen-bond donors (Lipinski definition) is 1. The largest absolute Gasteiger partial charge is 0.491 e. The minimum atomic E-state index is -0.179. The SMILES string of the molecule is CC(C)Oc1cccc(CCCNC(=O)c2cc3c(ccc4ccccc43)o2)c1. The van der Waals surface area contributed by atoms with E-state index in [1.165, 1.54) is 5.56 Å². The number of hydrogen-bond acceptors (Lipinski definition) is 3. The molecular formula is C25H25NO3. The lowest BCUT2D eigenvalue weighted by Crippen LogP contribution is -2.24. The molecule has 1 heterocycles. The van der Waals surface area contributed by atoms with Gasteiger partial charge in [0.05, 0.1) is 6.10 Å². The number of carbonyl (C=O) groups excluding carboxylic acids is 1. The zero-order chi connectivity index (χ0) is 20.2. The van der Waals surface area contributed by atoms with Crippen molar-refractivity contribution in [3.05, 3.63) is 78.1 Å². The summed E-state index contributed by atoms with van der Waals surface area (Å²) in [5, 5.41) is 6.16. The first-order valence-electron chi connectivity index (χ1n) is 10.1. The molecule has 0 saturated heterocycles. The van der Waals surface area contributed by atoms with E-state index in [0.29, 0.717) is 12.3 Å². The first-order chi connectivity index (χ1) is 14.1. The first kappa shape index (κ1) is 19.1. The normalized spacial score (nSPS) is 11.3. The molecule has 4 nitrogen and oxygen atoms in total. The van der Waals surface area contributed by atoms with Gasteiger partial charge in [0, 0.05) is 11.9 Å². The highest BCUT2D eigenvalue weighted by atomic mass is 16.5. The van der Waals surface area contributed by atoms with Crippen LogP contribution in [0, 0.1) is 0 Å². The van der Waals surface area contributed by atoms with Crippen molar-refractivity contribution in [2.75, 3.05) is 6.54 Å². The minimum absolute atomic E-state index is 0.158. The van der Waals surface area contributed by atoms with Crippen molar-refractivity contribution in [3.63, 3.8) is 0 Å². The Morgan fingerprint density at radius 1 is 1.00 bits per heavy atom. The highest BCUT2D eigenvalue weighted by Crippen LogP contribution is 2.28. The van der Waals surface area contributed by atoms with Crippen LogP contribution in [0.4, 0.5) is 0 Å². The van der Waals surface area contributed by atoms with Gasteiger partial charge in [0.1, 0.15) is 11.3 Å². The third-order valence-electron chi connectivity index (χ3n) is 4.85. The number of aryl methyl sites for hydroxylation is 1. The Kier molecular flexibility index (Phi) is 5.52. The van der Waals surface area contributed by atoms with Gasteiger partial charge in [0.25, 0.3) is 5.91 Å². The van der Waals surface area contributed by atoms with E-state index in [2.05, 4.69) is 23.5 Å². The number of furan rings is 1. The minimum Gasteiger partial charge on any atom is -0.491 e. The number of benzene rings is 3. The molecule has 4 rings (SSSR count). The Bertz CT molecular complexity index is 1140. The average molecular weight is 387 g/mol. The molecule has 0 bridgehead atoms. The molecule has 0 fully saturated rings. The molecule has 0 unspecified atom stereocenters. The van der Waals surface area contributed by atoms with E-state index in [4.69, 9.17) is 9.15 Å². The van der Waals surface area contributed by atoms with Gasteiger partial charge < -0.3 is 14.5 Å². The van der Waals surface area contributed by atoms with Crippen LogP contribution in [0.15, 0.2) is 71.1 Å². The topological polar surface area (TPSA) is 51.5 Å². The summed E-state index contributed by atoms with van der Waals surface area (Å²) in [4.78, 5) is 12.5. The van der Waals surface area contributed by atoms with E-state index in [9.17, 15) is 4.79 Å². The molecule has 148 valence electrons. The van der Waals surface area contributed by atoms with Crippen molar-refractivity contribution < 1.29 is 13.9 Å². The molecule has 29 heavy (non-hydrogen) atoms. The highest BCUT2D eigenvalue weighted by Gasteiger charge is 2.13. The molecule has 0 radical (unpaired) electrons. The van der Waals surface area contributed by atoms with Crippen LogP contribution >= 0.6 is 0 Å². The lowest BCUT2D eigenvalue weighted by atomic mass is 10.1. The van der Waals surface area contributed by atoms with Crippen LogP contribution in [0.1, 0.15) is 36.4 Å².